The molecule has 0 amide bonds. The van der Waals surface area contributed by atoms with Crippen LogP contribution in [0.15, 0.2) is 36.4 Å². The largest absolute Gasteiger partial charge is 0.339 e. The fourth-order valence-electron chi connectivity index (χ4n) is 1.78. The summed E-state index contributed by atoms with van der Waals surface area (Å²) in [6.45, 7) is 0. The first-order valence-electron chi connectivity index (χ1n) is 6.15. The molecule has 0 unspecified atom stereocenters. The molecule has 2 aromatic carbocycles. The summed E-state index contributed by atoms with van der Waals surface area (Å²) in [5, 5.41) is 9.68. The summed E-state index contributed by atoms with van der Waals surface area (Å²) >= 11 is 0. The average molecular weight is 310 g/mol. The Morgan fingerprint density at radius 2 is 1.64 bits per heavy atom. The van der Waals surface area contributed by atoms with E-state index in [4.69, 9.17) is 5.41 Å². The molecule has 2 N–H and O–H groups in total. The maximum absolute atomic E-state index is 13.4. The van der Waals surface area contributed by atoms with Crippen molar-refractivity contribution in [1.29, 1.82) is 5.41 Å². The van der Waals surface area contributed by atoms with Gasteiger partial charge in [0, 0.05) is 6.07 Å². The smallest absolute Gasteiger partial charge is 0.173 e. The van der Waals surface area contributed by atoms with E-state index in [0.717, 1.165) is 30.3 Å². The molecule has 0 aliphatic heterocycles. The second-order valence-corrected chi connectivity index (χ2v) is 4.42. The number of Topliss-reactive ketones (excluding diaryl/α,β-unsaturated/α-hetero) is 1. The lowest BCUT2D eigenvalue weighted by Gasteiger charge is -2.09. The molecular formula is C15H10F4N2O. The van der Waals surface area contributed by atoms with Gasteiger partial charge < -0.3 is 5.32 Å². The minimum Gasteiger partial charge on any atom is -0.339 e. The zero-order valence-electron chi connectivity index (χ0n) is 11.1. The third kappa shape index (κ3) is 3.49. The topological polar surface area (TPSA) is 53.0 Å². The van der Waals surface area contributed by atoms with Crippen molar-refractivity contribution in [3.8, 4) is 0 Å². The van der Waals surface area contributed by atoms with E-state index in [1.165, 1.54) is 0 Å². The van der Waals surface area contributed by atoms with Crippen molar-refractivity contribution in [1.82, 2.24) is 0 Å². The van der Waals surface area contributed by atoms with Crippen LogP contribution in [0.4, 0.5) is 23.2 Å². The van der Waals surface area contributed by atoms with Gasteiger partial charge in [0.15, 0.2) is 5.78 Å². The number of nitrogens with one attached hydrogen (secondary N) is 2. The van der Waals surface area contributed by atoms with Crippen LogP contribution in [0.1, 0.15) is 16.8 Å². The number of hydrogen-bond acceptors (Lipinski definition) is 2. The van der Waals surface area contributed by atoms with Gasteiger partial charge in [-0.2, -0.15) is 0 Å². The van der Waals surface area contributed by atoms with Crippen LogP contribution in [0.2, 0.25) is 0 Å². The Kier molecular flexibility index (Phi) is 4.55. The Bertz CT molecular complexity index is 726. The highest BCUT2D eigenvalue weighted by molar-refractivity contribution is 6.12. The monoisotopic (exact) mass is 310 g/mol. The number of benzene rings is 2. The average Bonchev–Trinajstić information content (AvgIpc) is 2.42. The third-order valence-corrected chi connectivity index (χ3v) is 2.81. The number of hydrogen-bond donors (Lipinski definition) is 2. The summed E-state index contributed by atoms with van der Waals surface area (Å²) in [5.74, 6) is -5.08. The maximum atomic E-state index is 13.4. The molecule has 0 radical (unpaired) electrons. The highest BCUT2D eigenvalue weighted by Crippen LogP contribution is 2.19. The Morgan fingerprint density at radius 1 is 1.00 bits per heavy atom. The second-order valence-electron chi connectivity index (χ2n) is 4.42. The van der Waals surface area contributed by atoms with Gasteiger partial charge in [0.05, 0.1) is 12.0 Å². The number of para-hydroxylation sites is 1. The van der Waals surface area contributed by atoms with Gasteiger partial charge in [0.2, 0.25) is 0 Å². The van der Waals surface area contributed by atoms with Crippen LogP contribution >= 0.6 is 0 Å². The molecule has 0 saturated heterocycles. The van der Waals surface area contributed by atoms with Crippen molar-refractivity contribution in [2.75, 3.05) is 5.32 Å². The van der Waals surface area contributed by atoms with Gasteiger partial charge in [-0.1, -0.05) is 6.07 Å². The molecule has 0 atom stereocenters. The molecule has 0 aromatic heterocycles. The lowest BCUT2D eigenvalue weighted by molar-refractivity contribution is 0.0996. The maximum Gasteiger partial charge on any atom is 0.173 e. The lowest BCUT2D eigenvalue weighted by Crippen LogP contribution is -2.18. The van der Waals surface area contributed by atoms with Gasteiger partial charge in [-0.05, 0) is 24.3 Å². The third-order valence-electron chi connectivity index (χ3n) is 2.81. The van der Waals surface area contributed by atoms with Crippen molar-refractivity contribution in [3.05, 3.63) is 65.2 Å². The van der Waals surface area contributed by atoms with Crippen molar-refractivity contribution in [2.45, 2.75) is 6.42 Å². The molecular weight excluding hydrogens is 300 g/mol. The van der Waals surface area contributed by atoms with Crippen LogP contribution in [-0.4, -0.2) is 11.6 Å². The van der Waals surface area contributed by atoms with Gasteiger partial charge in [0.25, 0.3) is 0 Å². The van der Waals surface area contributed by atoms with E-state index in [0.29, 0.717) is 6.07 Å². The summed E-state index contributed by atoms with van der Waals surface area (Å²) < 4.78 is 53.0. The number of rotatable bonds is 4. The predicted molar refractivity (Wildman–Crippen MR) is 73.0 cm³/mol. The van der Waals surface area contributed by atoms with Crippen molar-refractivity contribution in [2.24, 2.45) is 0 Å². The number of amidine groups is 1. The quantitative estimate of drug-likeness (QED) is 0.389. The van der Waals surface area contributed by atoms with E-state index in [9.17, 15) is 22.4 Å². The zero-order valence-corrected chi connectivity index (χ0v) is 11.1. The molecule has 0 spiro atoms. The molecule has 7 heteroatoms. The van der Waals surface area contributed by atoms with Crippen LogP contribution in [-0.2, 0) is 0 Å². The molecule has 0 heterocycles. The fraction of sp³-hybridized carbons (Fsp3) is 0.0667. The number of carbonyl (C=O) groups excluding carboxylic acids is 1. The number of ketones is 1. The van der Waals surface area contributed by atoms with Gasteiger partial charge in [-0.3, -0.25) is 10.2 Å². The van der Waals surface area contributed by atoms with E-state index in [-0.39, 0.29) is 0 Å². The molecule has 3 nitrogen and oxygen atoms in total. The Morgan fingerprint density at radius 3 is 2.23 bits per heavy atom. The van der Waals surface area contributed by atoms with Crippen molar-refractivity contribution >= 4 is 17.3 Å². The molecule has 0 aliphatic carbocycles. The predicted octanol–water partition coefficient (Wildman–Crippen LogP) is 3.91. The Hall–Kier alpha value is -2.70. The standard InChI is InChI=1S/C15H10F4N2O/c16-8-4-5-9(12(19)6-8)13(22)7-14(20)21-15-10(17)2-1-3-11(15)18/h1-6H,7H2,(H2,20,21). The van der Waals surface area contributed by atoms with Crippen LogP contribution in [0, 0.1) is 28.7 Å². The van der Waals surface area contributed by atoms with E-state index in [1.54, 1.807) is 0 Å². The molecule has 0 aliphatic rings. The summed E-state index contributed by atoms with van der Waals surface area (Å²) in [4.78, 5) is 11.8. The molecule has 0 fully saturated rings. The lowest BCUT2D eigenvalue weighted by atomic mass is 10.1. The van der Waals surface area contributed by atoms with Crippen molar-refractivity contribution < 1.29 is 22.4 Å². The van der Waals surface area contributed by atoms with Crippen LogP contribution in [0.3, 0.4) is 0 Å². The van der Waals surface area contributed by atoms with E-state index in [2.05, 4.69) is 5.32 Å². The molecule has 22 heavy (non-hydrogen) atoms. The SMILES string of the molecule is N=C(CC(=O)c1ccc(F)cc1F)Nc1c(F)cccc1F. The summed E-state index contributed by atoms with van der Waals surface area (Å²) in [6, 6.07) is 5.52. The highest BCUT2D eigenvalue weighted by Gasteiger charge is 2.16. The molecule has 0 saturated carbocycles. The highest BCUT2D eigenvalue weighted by atomic mass is 19.1. The minimum absolute atomic E-state index is 0.401. The summed E-state index contributed by atoms with van der Waals surface area (Å²) in [7, 11) is 0. The van der Waals surface area contributed by atoms with Crippen LogP contribution in [0.5, 0.6) is 0 Å². The summed E-state index contributed by atoms with van der Waals surface area (Å²) in [5.41, 5.74) is -0.971. The first kappa shape index (κ1) is 15.7. The van der Waals surface area contributed by atoms with Gasteiger partial charge in [0.1, 0.15) is 34.8 Å². The first-order valence-corrected chi connectivity index (χ1v) is 6.15. The molecule has 2 rings (SSSR count). The number of halogens is 4. The molecule has 0 bridgehead atoms. The fourth-order valence-corrected chi connectivity index (χ4v) is 1.78. The molecule has 114 valence electrons. The number of carbonyl (C=O) groups is 1. The molecule has 2 aromatic rings. The zero-order chi connectivity index (χ0) is 16.3. The second kappa shape index (κ2) is 6.38. The first-order chi connectivity index (χ1) is 10.4. The normalized spacial score (nSPS) is 10.4. The van der Waals surface area contributed by atoms with Crippen LogP contribution < -0.4 is 5.32 Å². The van der Waals surface area contributed by atoms with Gasteiger partial charge in [-0.25, -0.2) is 17.6 Å². The van der Waals surface area contributed by atoms with E-state index in [1.807, 2.05) is 0 Å². The Labute approximate surface area is 123 Å². The van der Waals surface area contributed by atoms with E-state index >= 15 is 0 Å². The Balaban J connectivity index is 2.10. The number of anilines is 1. The van der Waals surface area contributed by atoms with Crippen LogP contribution in [0.25, 0.3) is 0 Å². The summed E-state index contributed by atoms with van der Waals surface area (Å²) in [6.07, 6.45) is -0.615. The van der Waals surface area contributed by atoms with Gasteiger partial charge >= 0.3 is 0 Å². The van der Waals surface area contributed by atoms with E-state index < -0.39 is 52.6 Å². The minimum atomic E-state index is -1.06. The van der Waals surface area contributed by atoms with Crippen molar-refractivity contribution in [3.63, 3.8) is 0 Å². The van der Waals surface area contributed by atoms with Gasteiger partial charge in [-0.15, -0.1) is 0 Å².